The second kappa shape index (κ2) is 6.33. The minimum absolute atomic E-state index is 0.0305. The summed E-state index contributed by atoms with van der Waals surface area (Å²) in [6, 6.07) is 11.3. The average molecular weight is 307 g/mol. The lowest BCUT2D eigenvalue weighted by atomic mass is 10.1. The molecule has 20 heavy (non-hydrogen) atoms. The molecule has 2 rings (SSSR count). The Kier molecular flexibility index (Phi) is 4.73. The molecule has 2 nitrogen and oxygen atoms in total. The topological polar surface area (TPSA) is 37.3 Å². The number of hydrogen-bond acceptors (Lipinski definition) is 3. The summed E-state index contributed by atoms with van der Waals surface area (Å²) in [5.74, 6) is 0.410. The van der Waals surface area contributed by atoms with E-state index in [9.17, 15) is 9.90 Å². The fourth-order valence-corrected chi connectivity index (χ4v) is 3.15. The van der Waals surface area contributed by atoms with E-state index in [1.54, 1.807) is 17.8 Å². The number of aryl methyl sites for hydroxylation is 1. The van der Waals surface area contributed by atoms with Gasteiger partial charge in [0.15, 0.2) is 5.78 Å². The van der Waals surface area contributed by atoms with Crippen LogP contribution in [0.1, 0.15) is 28.4 Å². The number of Topliss-reactive ketones (excluding diaryl/α,β-unsaturated/α-hetero) is 1. The molecule has 0 atom stereocenters. The average Bonchev–Trinajstić information content (AvgIpc) is 2.40. The van der Waals surface area contributed by atoms with E-state index in [0.717, 1.165) is 4.90 Å². The maximum atomic E-state index is 11.5. The van der Waals surface area contributed by atoms with Crippen LogP contribution >= 0.6 is 23.4 Å². The van der Waals surface area contributed by atoms with E-state index in [-0.39, 0.29) is 17.1 Å². The maximum absolute atomic E-state index is 11.5. The zero-order valence-corrected chi connectivity index (χ0v) is 12.9. The molecule has 0 bridgehead atoms. The van der Waals surface area contributed by atoms with Gasteiger partial charge in [-0.25, -0.2) is 0 Å². The second-order valence-corrected chi connectivity index (χ2v) is 6.03. The molecular formula is C16H15ClO2S. The number of phenolic OH excluding ortho intramolecular Hbond substituents is 1. The predicted octanol–water partition coefficient (Wildman–Crippen LogP) is 4.85. The van der Waals surface area contributed by atoms with Crippen LogP contribution in [0.2, 0.25) is 5.02 Å². The third-order valence-corrected chi connectivity index (χ3v) is 4.45. The molecular weight excluding hydrogens is 292 g/mol. The van der Waals surface area contributed by atoms with Crippen molar-refractivity contribution in [3.05, 3.63) is 58.1 Å². The molecule has 0 amide bonds. The number of ketones is 1. The van der Waals surface area contributed by atoms with Crippen molar-refractivity contribution in [2.45, 2.75) is 24.5 Å². The van der Waals surface area contributed by atoms with Gasteiger partial charge in [-0.2, -0.15) is 0 Å². The van der Waals surface area contributed by atoms with Crippen LogP contribution in [0.3, 0.4) is 0 Å². The zero-order valence-electron chi connectivity index (χ0n) is 11.3. The number of aromatic hydroxyl groups is 1. The highest BCUT2D eigenvalue weighted by atomic mass is 35.5. The van der Waals surface area contributed by atoms with E-state index >= 15 is 0 Å². The van der Waals surface area contributed by atoms with Gasteiger partial charge in [0.2, 0.25) is 0 Å². The van der Waals surface area contributed by atoms with Crippen LogP contribution in [-0.2, 0) is 5.75 Å². The Labute approximate surface area is 127 Å². The molecule has 104 valence electrons. The molecule has 0 radical (unpaired) electrons. The van der Waals surface area contributed by atoms with E-state index in [1.807, 2.05) is 31.2 Å². The number of hydrogen-bond donors (Lipinski definition) is 1. The van der Waals surface area contributed by atoms with Gasteiger partial charge in [-0.1, -0.05) is 29.8 Å². The van der Waals surface area contributed by atoms with Crippen molar-refractivity contribution in [3.8, 4) is 5.75 Å². The summed E-state index contributed by atoms with van der Waals surface area (Å²) in [7, 11) is 0. The lowest BCUT2D eigenvalue weighted by Gasteiger charge is -2.10. The Morgan fingerprint density at radius 1 is 1.30 bits per heavy atom. The van der Waals surface area contributed by atoms with Gasteiger partial charge in [0.1, 0.15) is 5.75 Å². The molecule has 0 fully saturated rings. The van der Waals surface area contributed by atoms with E-state index in [0.29, 0.717) is 16.3 Å². The highest BCUT2D eigenvalue weighted by molar-refractivity contribution is 7.98. The first-order valence-corrected chi connectivity index (χ1v) is 7.56. The minimum atomic E-state index is -0.188. The maximum Gasteiger partial charge on any atom is 0.163 e. The fraction of sp³-hybridized carbons (Fsp3) is 0.188. The van der Waals surface area contributed by atoms with Gasteiger partial charge < -0.3 is 5.11 Å². The number of halogens is 1. The minimum Gasteiger partial charge on any atom is -0.507 e. The summed E-state index contributed by atoms with van der Waals surface area (Å²) < 4.78 is 0. The summed E-state index contributed by atoms with van der Waals surface area (Å²) in [4.78, 5) is 12.6. The molecule has 1 N–H and O–H groups in total. The van der Waals surface area contributed by atoms with Crippen molar-refractivity contribution in [2.75, 3.05) is 0 Å². The monoisotopic (exact) mass is 306 g/mol. The third-order valence-electron chi connectivity index (χ3n) is 3.01. The molecule has 0 aliphatic heterocycles. The van der Waals surface area contributed by atoms with Gasteiger partial charge in [-0.3, -0.25) is 4.79 Å². The first-order valence-electron chi connectivity index (χ1n) is 6.20. The van der Waals surface area contributed by atoms with Crippen LogP contribution in [0.25, 0.3) is 0 Å². The molecule has 0 unspecified atom stereocenters. The van der Waals surface area contributed by atoms with E-state index in [2.05, 4.69) is 0 Å². The second-order valence-electron chi connectivity index (χ2n) is 4.57. The molecule has 0 aliphatic carbocycles. The van der Waals surface area contributed by atoms with Crippen LogP contribution in [-0.4, -0.2) is 10.9 Å². The number of rotatable bonds is 4. The van der Waals surface area contributed by atoms with Gasteiger partial charge in [-0.15, -0.1) is 11.8 Å². The predicted molar refractivity (Wildman–Crippen MR) is 83.9 cm³/mol. The number of carbonyl (C=O) groups excluding carboxylic acids is 1. The molecule has 0 saturated heterocycles. The largest absolute Gasteiger partial charge is 0.507 e. The molecule has 0 aliphatic rings. The van der Waals surface area contributed by atoms with E-state index < -0.39 is 0 Å². The first-order chi connectivity index (χ1) is 9.49. The van der Waals surface area contributed by atoms with Gasteiger partial charge >= 0.3 is 0 Å². The molecule has 2 aromatic rings. The Hall–Kier alpha value is -1.45. The molecule has 4 heteroatoms. The summed E-state index contributed by atoms with van der Waals surface area (Å²) in [6.07, 6.45) is 0. The van der Waals surface area contributed by atoms with Crippen LogP contribution < -0.4 is 0 Å². The normalized spacial score (nSPS) is 10.6. The van der Waals surface area contributed by atoms with Gasteiger partial charge in [-0.05, 0) is 37.6 Å². The number of thioether (sulfide) groups is 1. The smallest absolute Gasteiger partial charge is 0.163 e. The Bertz CT molecular complexity index is 653. The van der Waals surface area contributed by atoms with Crippen molar-refractivity contribution in [1.82, 2.24) is 0 Å². The number of benzene rings is 2. The van der Waals surface area contributed by atoms with Crippen molar-refractivity contribution in [3.63, 3.8) is 0 Å². The van der Waals surface area contributed by atoms with E-state index in [4.69, 9.17) is 11.6 Å². The van der Waals surface area contributed by atoms with Crippen LogP contribution in [0, 0.1) is 6.92 Å². The van der Waals surface area contributed by atoms with Crippen LogP contribution in [0.5, 0.6) is 5.75 Å². The van der Waals surface area contributed by atoms with Crippen LogP contribution in [0.4, 0.5) is 0 Å². The number of phenols is 1. The van der Waals surface area contributed by atoms with E-state index in [1.165, 1.54) is 18.6 Å². The molecule has 2 aromatic carbocycles. The van der Waals surface area contributed by atoms with Crippen LogP contribution in [0.15, 0.2) is 41.3 Å². The summed E-state index contributed by atoms with van der Waals surface area (Å²) in [5, 5.41) is 10.6. The summed E-state index contributed by atoms with van der Waals surface area (Å²) >= 11 is 7.62. The quantitative estimate of drug-likeness (QED) is 0.648. The van der Waals surface area contributed by atoms with Crippen molar-refractivity contribution in [1.29, 1.82) is 0 Å². The zero-order chi connectivity index (χ0) is 14.7. The fourth-order valence-electron chi connectivity index (χ4n) is 1.91. The molecule has 0 heterocycles. The summed E-state index contributed by atoms with van der Waals surface area (Å²) in [6.45, 7) is 3.46. The lowest BCUT2D eigenvalue weighted by Crippen LogP contribution is -1.96. The standard InChI is InChI=1S/C16H15ClO2S/c1-10-5-3-4-6-15(10)20-9-12-7-13(17)8-14(11(2)18)16(12)19/h3-8,19H,9H2,1-2H3. The van der Waals surface area contributed by atoms with Crippen molar-refractivity contribution < 1.29 is 9.90 Å². The lowest BCUT2D eigenvalue weighted by molar-refractivity contribution is 0.101. The Morgan fingerprint density at radius 2 is 2.00 bits per heavy atom. The van der Waals surface area contributed by atoms with Gasteiger partial charge in [0.05, 0.1) is 5.56 Å². The first kappa shape index (κ1) is 14.9. The molecule has 0 saturated carbocycles. The Balaban J connectivity index is 2.26. The molecule has 0 aromatic heterocycles. The molecule has 0 spiro atoms. The Morgan fingerprint density at radius 3 is 2.65 bits per heavy atom. The SMILES string of the molecule is CC(=O)c1cc(Cl)cc(CSc2ccccc2C)c1O. The van der Waals surface area contributed by atoms with Gasteiger partial charge in [0.25, 0.3) is 0 Å². The highest BCUT2D eigenvalue weighted by Crippen LogP contribution is 2.33. The third kappa shape index (κ3) is 3.35. The van der Waals surface area contributed by atoms with Crippen molar-refractivity contribution in [2.24, 2.45) is 0 Å². The van der Waals surface area contributed by atoms with Gasteiger partial charge in [0, 0.05) is 21.2 Å². The van der Waals surface area contributed by atoms with Crippen molar-refractivity contribution >= 4 is 29.1 Å². The number of carbonyl (C=O) groups is 1. The summed E-state index contributed by atoms with van der Waals surface area (Å²) in [5.41, 5.74) is 2.14. The highest BCUT2D eigenvalue weighted by Gasteiger charge is 2.13.